The van der Waals surface area contributed by atoms with Gasteiger partial charge < -0.3 is 23.9 Å². The first-order valence-corrected chi connectivity index (χ1v) is 12.5. The van der Waals surface area contributed by atoms with Crippen molar-refractivity contribution in [3.8, 4) is 17.2 Å². The lowest BCUT2D eigenvalue weighted by atomic mass is 10.1. The van der Waals surface area contributed by atoms with E-state index in [1.807, 2.05) is 32.0 Å². The number of furan rings is 1. The normalized spacial score (nSPS) is 14.1. The van der Waals surface area contributed by atoms with Crippen molar-refractivity contribution in [1.82, 2.24) is 10.2 Å². The molecule has 1 aromatic heterocycles. The van der Waals surface area contributed by atoms with Gasteiger partial charge in [0.15, 0.2) is 16.6 Å². The summed E-state index contributed by atoms with van der Waals surface area (Å²) in [6.07, 6.45) is 2.17. The number of thiocarbonyl (C=S) groups is 1. The van der Waals surface area contributed by atoms with Gasteiger partial charge in [0, 0.05) is 24.8 Å². The Morgan fingerprint density at radius 2 is 1.76 bits per heavy atom. The monoisotopic (exact) mass is 537 g/mol. The molecule has 10 nitrogen and oxygen atoms in total. The van der Waals surface area contributed by atoms with Gasteiger partial charge in [0.05, 0.1) is 18.1 Å². The van der Waals surface area contributed by atoms with Gasteiger partial charge in [0.1, 0.15) is 29.6 Å². The zero-order valence-electron chi connectivity index (χ0n) is 21.0. The summed E-state index contributed by atoms with van der Waals surface area (Å²) in [5.74, 6) is 2.58. The first kappa shape index (κ1) is 26.7. The number of nitro benzene ring substituents is 1. The molecule has 0 spiro atoms. The number of nitrogens with one attached hydrogen (secondary N) is 1. The van der Waals surface area contributed by atoms with Gasteiger partial charge in [-0.05, 0) is 74.4 Å². The van der Waals surface area contributed by atoms with E-state index >= 15 is 0 Å². The highest BCUT2D eigenvalue weighted by Crippen LogP contribution is 2.29. The Hall–Kier alpha value is -4.38. The maximum Gasteiger partial charge on any atom is 0.276 e. The van der Waals surface area contributed by atoms with Gasteiger partial charge in [-0.2, -0.15) is 0 Å². The molecule has 198 valence electrons. The van der Waals surface area contributed by atoms with Gasteiger partial charge in [-0.3, -0.25) is 19.8 Å². The van der Waals surface area contributed by atoms with Gasteiger partial charge in [0.25, 0.3) is 11.6 Å². The third kappa shape index (κ3) is 6.48. The van der Waals surface area contributed by atoms with Gasteiger partial charge in [-0.25, -0.2) is 0 Å². The highest BCUT2D eigenvalue weighted by atomic mass is 32.1. The minimum Gasteiger partial charge on any atom is -0.490 e. The molecule has 1 aliphatic rings. The molecule has 1 amide bonds. The maximum atomic E-state index is 13.0. The lowest BCUT2D eigenvalue weighted by Crippen LogP contribution is -2.32. The van der Waals surface area contributed by atoms with E-state index in [0.717, 1.165) is 5.56 Å². The van der Waals surface area contributed by atoms with Gasteiger partial charge in [-0.15, -0.1) is 0 Å². The van der Waals surface area contributed by atoms with Crippen molar-refractivity contribution >= 4 is 35.0 Å². The Balaban J connectivity index is 1.35. The van der Waals surface area contributed by atoms with Crippen molar-refractivity contribution in [2.24, 2.45) is 0 Å². The molecule has 1 saturated heterocycles. The third-order valence-corrected chi connectivity index (χ3v) is 5.91. The molecule has 3 aromatic rings. The van der Waals surface area contributed by atoms with Crippen LogP contribution in [0, 0.1) is 10.1 Å². The van der Waals surface area contributed by atoms with E-state index in [4.69, 9.17) is 30.8 Å². The summed E-state index contributed by atoms with van der Waals surface area (Å²) < 4.78 is 22.7. The Kier molecular flexibility index (Phi) is 8.59. The minimum absolute atomic E-state index is 0.0142. The van der Waals surface area contributed by atoms with Crippen molar-refractivity contribution in [1.29, 1.82) is 0 Å². The number of ether oxygens (including phenoxy) is 3. The van der Waals surface area contributed by atoms with E-state index in [1.165, 1.54) is 29.2 Å². The molecular formula is C27H27N3O7S. The van der Waals surface area contributed by atoms with E-state index in [2.05, 4.69) is 5.32 Å². The van der Waals surface area contributed by atoms with E-state index in [9.17, 15) is 14.9 Å². The number of amides is 1. The van der Waals surface area contributed by atoms with Crippen LogP contribution in [-0.4, -0.2) is 40.6 Å². The summed E-state index contributed by atoms with van der Waals surface area (Å²) in [7, 11) is 0. The first-order chi connectivity index (χ1) is 18.4. The number of hydrogen-bond donors (Lipinski definition) is 1. The SMILES string of the molecule is CCOc1ccc(CCN2C(=O)/C(=C\c3ccc(COc4ccc([N+](=O)[O-])cc4)o3)NC2=S)cc1OCC. The fraction of sp³-hybridized carbons (Fsp3) is 0.259. The molecule has 0 radical (unpaired) electrons. The molecule has 1 N–H and O–H groups in total. The topological polar surface area (TPSA) is 116 Å². The highest BCUT2D eigenvalue weighted by Gasteiger charge is 2.30. The van der Waals surface area contributed by atoms with Crippen LogP contribution in [0.3, 0.4) is 0 Å². The van der Waals surface area contributed by atoms with Crippen molar-refractivity contribution in [3.05, 3.63) is 87.5 Å². The summed E-state index contributed by atoms with van der Waals surface area (Å²) in [5, 5.41) is 14.0. The van der Waals surface area contributed by atoms with Crippen LogP contribution in [0.2, 0.25) is 0 Å². The maximum absolute atomic E-state index is 13.0. The van der Waals surface area contributed by atoms with Gasteiger partial charge >= 0.3 is 0 Å². The van der Waals surface area contributed by atoms with Crippen LogP contribution < -0.4 is 19.5 Å². The molecule has 0 bridgehead atoms. The second-order valence-electron chi connectivity index (χ2n) is 8.19. The lowest BCUT2D eigenvalue weighted by molar-refractivity contribution is -0.384. The van der Waals surface area contributed by atoms with Gasteiger partial charge in [-0.1, -0.05) is 6.07 Å². The number of rotatable bonds is 12. The Morgan fingerprint density at radius 3 is 2.47 bits per heavy atom. The fourth-order valence-electron chi connectivity index (χ4n) is 3.78. The molecular weight excluding hydrogens is 510 g/mol. The average Bonchev–Trinajstić information content (AvgIpc) is 3.46. The number of carbonyl (C=O) groups is 1. The molecule has 0 atom stereocenters. The number of nitro groups is 1. The van der Waals surface area contributed by atoms with E-state index in [-0.39, 0.29) is 18.2 Å². The molecule has 0 aliphatic carbocycles. The molecule has 38 heavy (non-hydrogen) atoms. The molecule has 0 saturated carbocycles. The van der Waals surface area contributed by atoms with Crippen molar-refractivity contribution in [2.45, 2.75) is 26.9 Å². The van der Waals surface area contributed by atoms with Crippen LogP contribution in [0.1, 0.15) is 30.9 Å². The van der Waals surface area contributed by atoms with Crippen LogP contribution in [0.4, 0.5) is 5.69 Å². The molecule has 2 aromatic carbocycles. The van der Waals surface area contributed by atoms with Crippen LogP contribution in [0.25, 0.3) is 6.08 Å². The molecule has 2 heterocycles. The number of nitrogens with zero attached hydrogens (tertiary/aromatic N) is 2. The molecule has 1 fully saturated rings. The summed E-state index contributed by atoms with van der Waals surface area (Å²) in [4.78, 5) is 24.8. The summed E-state index contributed by atoms with van der Waals surface area (Å²) in [6, 6.07) is 15.0. The smallest absolute Gasteiger partial charge is 0.276 e. The van der Waals surface area contributed by atoms with Crippen LogP contribution in [-0.2, 0) is 17.8 Å². The van der Waals surface area contributed by atoms with E-state index < -0.39 is 4.92 Å². The number of carbonyl (C=O) groups excluding carboxylic acids is 1. The predicted molar refractivity (Wildman–Crippen MR) is 144 cm³/mol. The summed E-state index contributed by atoms with van der Waals surface area (Å²) in [5.41, 5.74) is 1.29. The summed E-state index contributed by atoms with van der Waals surface area (Å²) >= 11 is 5.39. The van der Waals surface area contributed by atoms with Crippen molar-refractivity contribution in [2.75, 3.05) is 19.8 Å². The predicted octanol–water partition coefficient (Wildman–Crippen LogP) is 4.86. The second kappa shape index (κ2) is 12.2. The summed E-state index contributed by atoms with van der Waals surface area (Å²) in [6.45, 7) is 5.42. The highest BCUT2D eigenvalue weighted by molar-refractivity contribution is 7.80. The lowest BCUT2D eigenvalue weighted by Gasteiger charge is -2.15. The molecule has 0 unspecified atom stereocenters. The standard InChI is InChI=1S/C27H27N3O7S/c1-3-34-24-12-5-18(15-25(24)35-4-2)13-14-29-26(31)23(28-27(29)38)16-21-10-11-22(37-21)17-36-20-8-6-19(7-9-20)30(32)33/h5-12,15-16H,3-4,13-14,17H2,1-2H3,(H,28,38)/b23-16+. The zero-order valence-corrected chi connectivity index (χ0v) is 21.8. The number of hydrogen-bond acceptors (Lipinski definition) is 8. The zero-order chi connectivity index (χ0) is 27.1. The Bertz CT molecular complexity index is 1350. The van der Waals surface area contributed by atoms with Crippen molar-refractivity contribution in [3.63, 3.8) is 0 Å². The Labute approximate surface area is 224 Å². The third-order valence-electron chi connectivity index (χ3n) is 5.59. The minimum atomic E-state index is -0.473. The quantitative estimate of drug-likeness (QED) is 0.150. The molecule has 11 heteroatoms. The number of non-ortho nitro benzene ring substituents is 1. The molecule has 1 aliphatic heterocycles. The van der Waals surface area contributed by atoms with E-state index in [0.29, 0.717) is 65.8 Å². The first-order valence-electron chi connectivity index (χ1n) is 12.1. The van der Waals surface area contributed by atoms with E-state index in [1.54, 1.807) is 18.2 Å². The largest absolute Gasteiger partial charge is 0.490 e. The van der Waals surface area contributed by atoms with Crippen LogP contribution >= 0.6 is 12.2 Å². The molecule has 4 rings (SSSR count). The second-order valence-corrected chi connectivity index (χ2v) is 8.57. The average molecular weight is 538 g/mol. The van der Waals surface area contributed by atoms with Crippen molar-refractivity contribution < 1.29 is 28.3 Å². The van der Waals surface area contributed by atoms with Crippen LogP contribution in [0.15, 0.2) is 64.7 Å². The Morgan fingerprint density at radius 1 is 1.03 bits per heavy atom. The number of benzene rings is 2. The fourth-order valence-corrected chi connectivity index (χ4v) is 4.06. The van der Waals surface area contributed by atoms with Gasteiger partial charge in [0.2, 0.25) is 0 Å². The van der Waals surface area contributed by atoms with Crippen LogP contribution in [0.5, 0.6) is 17.2 Å².